The second-order valence-electron chi connectivity index (χ2n) is 10.7. The Morgan fingerprint density at radius 3 is 2.30 bits per heavy atom. The highest BCUT2D eigenvalue weighted by Gasteiger charge is 2.78. The maximum absolute atomic E-state index is 2.72. The zero-order chi connectivity index (χ0) is 14.0. The molecule has 112 valence electrons. The van der Waals surface area contributed by atoms with Crippen LogP contribution >= 0.6 is 0 Å². The van der Waals surface area contributed by atoms with Gasteiger partial charge in [0.25, 0.3) is 0 Å². The van der Waals surface area contributed by atoms with Crippen LogP contribution in [0, 0.1) is 45.3 Å². The van der Waals surface area contributed by atoms with Crippen molar-refractivity contribution < 1.29 is 0 Å². The van der Waals surface area contributed by atoms with Crippen LogP contribution in [0.25, 0.3) is 0 Å². The first-order chi connectivity index (χ1) is 9.32. The van der Waals surface area contributed by atoms with Gasteiger partial charge in [-0.2, -0.15) is 0 Å². The molecule has 6 rings (SSSR count). The summed E-state index contributed by atoms with van der Waals surface area (Å²) in [5, 5.41) is 0. The molecule has 7 atom stereocenters. The Morgan fingerprint density at radius 2 is 1.60 bits per heavy atom. The summed E-state index contributed by atoms with van der Waals surface area (Å²) in [6.45, 7) is 10.5. The van der Waals surface area contributed by atoms with Gasteiger partial charge in [0.2, 0.25) is 0 Å². The van der Waals surface area contributed by atoms with E-state index in [1.54, 1.807) is 38.5 Å². The highest BCUT2D eigenvalue weighted by Crippen LogP contribution is 2.85. The van der Waals surface area contributed by atoms with Crippen LogP contribution < -0.4 is 0 Å². The maximum atomic E-state index is 2.72. The average Bonchev–Trinajstić information content (AvgIpc) is 2.80. The lowest BCUT2D eigenvalue weighted by atomic mass is 9.40. The first kappa shape index (κ1) is 12.5. The van der Waals surface area contributed by atoms with Gasteiger partial charge in [0, 0.05) is 0 Å². The predicted octanol–water partition coefficient (Wildman–Crippen LogP) is 5.67. The Labute approximate surface area is 125 Å². The highest BCUT2D eigenvalue weighted by atomic mass is 14.8. The molecule has 6 aliphatic rings. The molecule has 0 aromatic heterocycles. The Hall–Kier alpha value is 0. The van der Waals surface area contributed by atoms with Crippen molar-refractivity contribution >= 4 is 0 Å². The fraction of sp³-hybridized carbons (Fsp3) is 1.00. The van der Waals surface area contributed by atoms with Crippen LogP contribution in [-0.4, -0.2) is 0 Å². The van der Waals surface area contributed by atoms with Crippen molar-refractivity contribution in [3.63, 3.8) is 0 Å². The number of fused-ring (bicyclic) bond motifs is 1. The average molecular weight is 272 g/mol. The van der Waals surface area contributed by atoms with Gasteiger partial charge in [0.05, 0.1) is 0 Å². The normalized spacial score (nSPS) is 65.4. The van der Waals surface area contributed by atoms with Gasteiger partial charge < -0.3 is 0 Å². The van der Waals surface area contributed by atoms with E-state index in [0.29, 0.717) is 10.8 Å². The largest absolute Gasteiger partial charge is 0.0596 e. The predicted molar refractivity (Wildman–Crippen MR) is 83.3 cm³/mol. The van der Waals surface area contributed by atoms with Gasteiger partial charge in [-0.25, -0.2) is 0 Å². The van der Waals surface area contributed by atoms with Gasteiger partial charge in [0.1, 0.15) is 0 Å². The zero-order valence-electron chi connectivity index (χ0n) is 14.0. The summed E-state index contributed by atoms with van der Waals surface area (Å²) in [6.07, 6.45) is 12.5. The van der Waals surface area contributed by atoms with E-state index in [-0.39, 0.29) is 0 Å². The van der Waals surface area contributed by atoms with E-state index < -0.39 is 0 Å². The van der Waals surface area contributed by atoms with Crippen LogP contribution in [0.3, 0.4) is 0 Å². The highest BCUT2D eigenvalue weighted by molar-refractivity contribution is 5.26. The van der Waals surface area contributed by atoms with Gasteiger partial charge in [-0.15, -0.1) is 0 Å². The third-order valence-electron chi connectivity index (χ3n) is 9.66. The van der Waals surface area contributed by atoms with Gasteiger partial charge in [-0.05, 0) is 90.3 Å². The molecule has 0 aliphatic heterocycles. The van der Waals surface area contributed by atoms with Crippen LogP contribution in [-0.2, 0) is 0 Å². The topological polar surface area (TPSA) is 0 Å². The molecule has 0 heterocycles. The summed E-state index contributed by atoms with van der Waals surface area (Å²) in [4.78, 5) is 0. The fourth-order valence-electron chi connectivity index (χ4n) is 8.94. The van der Waals surface area contributed by atoms with E-state index in [2.05, 4.69) is 27.7 Å². The first-order valence-electron chi connectivity index (χ1n) is 9.32. The lowest BCUT2D eigenvalue weighted by molar-refractivity contribution is -0.160. The number of hydrogen-bond donors (Lipinski definition) is 0. The van der Waals surface area contributed by atoms with Crippen molar-refractivity contribution in [2.75, 3.05) is 0 Å². The van der Waals surface area contributed by atoms with Gasteiger partial charge in [0.15, 0.2) is 0 Å². The van der Waals surface area contributed by atoms with Crippen LogP contribution in [0.2, 0.25) is 0 Å². The zero-order valence-corrected chi connectivity index (χ0v) is 14.0. The van der Waals surface area contributed by atoms with Crippen molar-refractivity contribution in [1.82, 2.24) is 0 Å². The molecule has 6 saturated carbocycles. The lowest BCUT2D eigenvalue weighted by Crippen LogP contribution is -2.57. The molecule has 1 spiro atoms. The molecule has 6 fully saturated rings. The quantitative estimate of drug-likeness (QED) is 0.533. The van der Waals surface area contributed by atoms with E-state index in [9.17, 15) is 0 Å². The second-order valence-corrected chi connectivity index (χ2v) is 10.7. The lowest BCUT2D eigenvalue weighted by Gasteiger charge is -2.65. The third kappa shape index (κ3) is 1.16. The van der Waals surface area contributed by atoms with Gasteiger partial charge in [-0.3, -0.25) is 0 Å². The Kier molecular flexibility index (Phi) is 1.99. The van der Waals surface area contributed by atoms with E-state index in [1.165, 1.54) is 12.8 Å². The van der Waals surface area contributed by atoms with Crippen LogP contribution in [0.5, 0.6) is 0 Å². The van der Waals surface area contributed by atoms with Crippen molar-refractivity contribution in [3.8, 4) is 0 Å². The van der Waals surface area contributed by atoms with Crippen molar-refractivity contribution in [3.05, 3.63) is 0 Å². The summed E-state index contributed by atoms with van der Waals surface area (Å²) >= 11 is 0. The number of hydrogen-bond acceptors (Lipinski definition) is 0. The minimum absolute atomic E-state index is 0.613. The summed E-state index contributed by atoms with van der Waals surface area (Å²) in [5.41, 5.74) is 2.91. The Morgan fingerprint density at radius 1 is 0.800 bits per heavy atom. The molecular formula is C20H32. The standard InChI is InChI=1S/C20H32/c1-17(2)7-5-8-18(3)15(17)6-9-20-11-14-13(10-16(18)20)19(14,4)12-20/h13-16H,5-12H2,1-4H3/t13-,14?,15?,16?,18?,19?,20?/m1/s1. The van der Waals surface area contributed by atoms with Crippen LogP contribution in [0.4, 0.5) is 0 Å². The SMILES string of the molecule is CC1(C)CCCC2(C)C1CCC13CC4[C@@H](CC12)C4(C)C3. The molecule has 0 aromatic carbocycles. The Bertz CT molecular complexity index is 476. The fourth-order valence-corrected chi connectivity index (χ4v) is 8.94. The monoisotopic (exact) mass is 272 g/mol. The third-order valence-corrected chi connectivity index (χ3v) is 9.66. The van der Waals surface area contributed by atoms with Crippen LogP contribution in [0.1, 0.15) is 79.1 Å². The van der Waals surface area contributed by atoms with Crippen molar-refractivity contribution in [2.45, 2.75) is 79.1 Å². The van der Waals surface area contributed by atoms with Gasteiger partial charge >= 0.3 is 0 Å². The van der Waals surface area contributed by atoms with Crippen LogP contribution in [0.15, 0.2) is 0 Å². The summed E-state index contributed by atoms with van der Waals surface area (Å²) in [6, 6.07) is 0. The molecular weight excluding hydrogens is 240 g/mol. The molecule has 6 unspecified atom stereocenters. The summed E-state index contributed by atoms with van der Waals surface area (Å²) < 4.78 is 0. The van der Waals surface area contributed by atoms with E-state index >= 15 is 0 Å². The van der Waals surface area contributed by atoms with E-state index in [1.807, 2.05) is 0 Å². The molecule has 20 heavy (non-hydrogen) atoms. The van der Waals surface area contributed by atoms with Crippen molar-refractivity contribution in [1.29, 1.82) is 0 Å². The first-order valence-corrected chi connectivity index (χ1v) is 9.32. The second kappa shape index (κ2) is 3.18. The minimum atomic E-state index is 0.613. The molecule has 0 radical (unpaired) electrons. The molecule has 0 N–H and O–H groups in total. The van der Waals surface area contributed by atoms with E-state index in [4.69, 9.17) is 0 Å². The molecule has 0 saturated heterocycles. The van der Waals surface area contributed by atoms with Gasteiger partial charge in [-0.1, -0.05) is 34.1 Å². The molecule has 6 aliphatic carbocycles. The number of rotatable bonds is 0. The molecule has 0 amide bonds. The summed E-state index contributed by atoms with van der Waals surface area (Å²) in [5.74, 6) is 4.39. The maximum Gasteiger partial charge on any atom is -0.0255 e. The van der Waals surface area contributed by atoms with Crippen molar-refractivity contribution in [2.24, 2.45) is 45.3 Å². The molecule has 0 aromatic rings. The van der Waals surface area contributed by atoms with E-state index in [0.717, 1.165) is 34.5 Å². The smallest absolute Gasteiger partial charge is 0.0255 e. The molecule has 0 heteroatoms. The molecule has 4 bridgehead atoms. The summed E-state index contributed by atoms with van der Waals surface area (Å²) in [7, 11) is 0. The minimum Gasteiger partial charge on any atom is -0.0596 e. The molecule has 0 nitrogen and oxygen atoms in total. The Balaban J connectivity index is 1.57.